The maximum atomic E-state index is 12.4. The van der Waals surface area contributed by atoms with Gasteiger partial charge in [0.15, 0.2) is 0 Å². The van der Waals surface area contributed by atoms with E-state index in [1.807, 2.05) is 0 Å². The molecule has 2 fully saturated rings. The number of rotatable bonds is 4. The zero-order valence-electron chi connectivity index (χ0n) is 11.9. The minimum Gasteiger partial charge on any atom is -0.212 e. The molecule has 0 spiro atoms. The summed E-state index contributed by atoms with van der Waals surface area (Å²) >= 11 is 0. The van der Waals surface area contributed by atoms with Crippen molar-refractivity contribution in [3.8, 4) is 6.07 Å². The van der Waals surface area contributed by atoms with Crippen molar-refractivity contribution in [2.75, 3.05) is 18.8 Å². The van der Waals surface area contributed by atoms with E-state index < -0.39 is 33.5 Å². The van der Waals surface area contributed by atoms with E-state index in [4.69, 9.17) is 0 Å². The second kappa shape index (κ2) is 5.13. The summed E-state index contributed by atoms with van der Waals surface area (Å²) in [5, 5.41) is 9.23. The van der Waals surface area contributed by atoms with E-state index in [1.165, 1.54) is 6.92 Å². The van der Waals surface area contributed by atoms with Crippen LogP contribution in [0.3, 0.4) is 0 Å². The predicted octanol–water partition coefficient (Wildman–Crippen LogP) is 2.67. The van der Waals surface area contributed by atoms with Crippen molar-refractivity contribution in [2.45, 2.75) is 45.2 Å². The Bertz CT molecular complexity index is 539. The molecule has 1 saturated carbocycles. The molecule has 21 heavy (non-hydrogen) atoms. The normalized spacial score (nSPS) is 25.3. The van der Waals surface area contributed by atoms with Gasteiger partial charge in [-0.1, -0.05) is 19.8 Å². The molecule has 0 radical (unpaired) electrons. The van der Waals surface area contributed by atoms with E-state index >= 15 is 0 Å². The number of nitriles is 1. The van der Waals surface area contributed by atoms with Crippen molar-refractivity contribution in [2.24, 2.45) is 10.8 Å². The van der Waals surface area contributed by atoms with Crippen LogP contribution >= 0.6 is 0 Å². The van der Waals surface area contributed by atoms with E-state index in [9.17, 15) is 26.9 Å². The molecule has 0 bridgehead atoms. The lowest BCUT2D eigenvalue weighted by Crippen LogP contribution is -2.59. The molecule has 0 aromatic rings. The smallest absolute Gasteiger partial charge is 0.212 e. The summed E-state index contributed by atoms with van der Waals surface area (Å²) in [4.78, 5) is 0. The van der Waals surface area contributed by atoms with Crippen LogP contribution in [-0.4, -0.2) is 37.7 Å². The van der Waals surface area contributed by atoms with Crippen molar-refractivity contribution in [3.63, 3.8) is 0 Å². The summed E-state index contributed by atoms with van der Waals surface area (Å²) in [6.45, 7) is 1.22. The molecule has 120 valence electrons. The third-order valence-corrected chi connectivity index (χ3v) is 6.36. The van der Waals surface area contributed by atoms with Crippen LogP contribution in [-0.2, 0) is 10.0 Å². The standard InChI is InChI=1S/C13H19F3N2O2S/c1-11(6-13(14,15)16)8-18(9-11)21(19,20)10-12(7-17)4-2-3-5-12/h2-6,8-10H2,1H3. The average Bonchev–Trinajstić information content (AvgIpc) is 2.72. The summed E-state index contributed by atoms with van der Waals surface area (Å²) in [5.74, 6) is -0.265. The molecule has 2 rings (SSSR count). The Labute approximate surface area is 123 Å². The molecule has 0 amide bonds. The summed E-state index contributed by atoms with van der Waals surface area (Å²) in [6, 6.07) is 2.11. The molecular formula is C13H19F3N2O2S. The fraction of sp³-hybridized carbons (Fsp3) is 0.923. The Morgan fingerprint density at radius 3 is 2.19 bits per heavy atom. The summed E-state index contributed by atoms with van der Waals surface area (Å²) in [5.41, 5.74) is -1.89. The maximum Gasteiger partial charge on any atom is 0.389 e. The number of nitrogens with zero attached hydrogens (tertiary/aromatic N) is 2. The quantitative estimate of drug-likeness (QED) is 0.799. The highest BCUT2D eigenvalue weighted by molar-refractivity contribution is 7.89. The molecule has 8 heteroatoms. The maximum absolute atomic E-state index is 12.4. The minimum absolute atomic E-state index is 0.115. The second-order valence-electron chi connectivity index (χ2n) is 6.73. The molecule has 1 aliphatic carbocycles. The van der Waals surface area contributed by atoms with Gasteiger partial charge in [-0.15, -0.1) is 0 Å². The first-order valence-electron chi connectivity index (χ1n) is 6.95. The number of sulfonamides is 1. The van der Waals surface area contributed by atoms with Crippen molar-refractivity contribution in [3.05, 3.63) is 0 Å². The number of hydrogen-bond donors (Lipinski definition) is 0. The molecule has 1 saturated heterocycles. The first-order chi connectivity index (χ1) is 9.49. The van der Waals surface area contributed by atoms with Gasteiger partial charge in [0.2, 0.25) is 10.0 Å². The van der Waals surface area contributed by atoms with E-state index in [2.05, 4.69) is 6.07 Å². The minimum atomic E-state index is -4.29. The van der Waals surface area contributed by atoms with Gasteiger partial charge in [0, 0.05) is 18.5 Å². The van der Waals surface area contributed by atoms with Gasteiger partial charge in [0.25, 0.3) is 0 Å². The Kier molecular flexibility index (Phi) is 4.04. The SMILES string of the molecule is CC1(CC(F)(F)F)CN(S(=O)(=O)CC2(C#N)CCCC2)C1. The van der Waals surface area contributed by atoms with E-state index in [1.54, 1.807) is 0 Å². The lowest BCUT2D eigenvalue weighted by Gasteiger charge is -2.47. The second-order valence-corrected chi connectivity index (χ2v) is 8.70. The summed E-state index contributed by atoms with van der Waals surface area (Å²) < 4.78 is 62.9. The van der Waals surface area contributed by atoms with Crippen molar-refractivity contribution in [1.29, 1.82) is 5.26 Å². The molecule has 1 heterocycles. The number of hydrogen-bond acceptors (Lipinski definition) is 3. The van der Waals surface area contributed by atoms with Gasteiger partial charge in [0.05, 0.1) is 23.7 Å². The zero-order chi connectivity index (χ0) is 15.9. The fourth-order valence-electron chi connectivity index (χ4n) is 3.38. The van der Waals surface area contributed by atoms with Gasteiger partial charge in [-0.3, -0.25) is 0 Å². The molecule has 4 nitrogen and oxygen atoms in total. The molecule has 0 unspecified atom stereocenters. The van der Waals surface area contributed by atoms with Crippen LogP contribution in [0.2, 0.25) is 0 Å². The van der Waals surface area contributed by atoms with Crippen LogP contribution in [0.25, 0.3) is 0 Å². The first-order valence-corrected chi connectivity index (χ1v) is 8.56. The lowest BCUT2D eigenvalue weighted by atomic mass is 9.80. The van der Waals surface area contributed by atoms with Crippen LogP contribution in [0, 0.1) is 22.2 Å². The third kappa shape index (κ3) is 3.69. The lowest BCUT2D eigenvalue weighted by molar-refractivity contribution is -0.169. The van der Waals surface area contributed by atoms with Crippen LogP contribution in [0.15, 0.2) is 0 Å². The van der Waals surface area contributed by atoms with Crippen LogP contribution < -0.4 is 0 Å². The van der Waals surface area contributed by atoms with Gasteiger partial charge >= 0.3 is 6.18 Å². The predicted molar refractivity (Wildman–Crippen MR) is 70.7 cm³/mol. The fourth-order valence-corrected chi connectivity index (χ4v) is 5.63. The molecular weight excluding hydrogens is 305 g/mol. The van der Waals surface area contributed by atoms with Gasteiger partial charge in [0.1, 0.15) is 0 Å². The first kappa shape index (κ1) is 16.6. The highest BCUT2D eigenvalue weighted by atomic mass is 32.2. The van der Waals surface area contributed by atoms with Gasteiger partial charge in [-0.25, -0.2) is 12.7 Å². The highest BCUT2D eigenvalue weighted by Crippen LogP contribution is 2.44. The third-order valence-electron chi connectivity index (χ3n) is 4.39. The van der Waals surface area contributed by atoms with Crippen molar-refractivity contribution < 1.29 is 21.6 Å². The van der Waals surface area contributed by atoms with Gasteiger partial charge in [-0.05, 0) is 12.8 Å². The monoisotopic (exact) mass is 324 g/mol. The molecule has 0 atom stereocenters. The Morgan fingerprint density at radius 2 is 1.76 bits per heavy atom. The summed E-state index contributed by atoms with van der Waals surface area (Å²) in [6.07, 6.45) is -2.50. The Balaban J connectivity index is 1.99. The van der Waals surface area contributed by atoms with Crippen LogP contribution in [0.1, 0.15) is 39.0 Å². The Hall–Kier alpha value is -0.810. The number of alkyl halides is 3. The van der Waals surface area contributed by atoms with Gasteiger partial charge in [-0.2, -0.15) is 18.4 Å². The zero-order valence-corrected chi connectivity index (χ0v) is 12.7. The van der Waals surface area contributed by atoms with E-state index in [0.717, 1.165) is 17.1 Å². The van der Waals surface area contributed by atoms with E-state index in [0.29, 0.717) is 12.8 Å². The molecule has 0 aromatic heterocycles. The Morgan fingerprint density at radius 1 is 1.24 bits per heavy atom. The topological polar surface area (TPSA) is 61.2 Å². The summed E-state index contributed by atoms with van der Waals surface area (Å²) in [7, 11) is -3.66. The molecule has 0 N–H and O–H groups in total. The van der Waals surface area contributed by atoms with E-state index in [-0.39, 0.29) is 18.8 Å². The molecule has 1 aliphatic heterocycles. The van der Waals surface area contributed by atoms with Crippen molar-refractivity contribution >= 4 is 10.0 Å². The van der Waals surface area contributed by atoms with Crippen molar-refractivity contribution in [1.82, 2.24) is 4.31 Å². The average molecular weight is 324 g/mol. The molecule has 0 aromatic carbocycles. The molecule has 2 aliphatic rings. The van der Waals surface area contributed by atoms with Gasteiger partial charge < -0.3 is 0 Å². The highest BCUT2D eigenvalue weighted by Gasteiger charge is 2.52. The van der Waals surface area contributed by atoms with Crippen LogP contribution in [0.4, 0.5) is 13.2 Å². The van der Waals surface area contributed by atoms with Crippen LogP contribution in [0.5, 0.6) is 0 Å². The number of halogens is 3. The largest absolute Gasteiger partial charge is 0.389 e.